The Kier molecular flexibility index (Phi) is 1.61. The van der Waals surface area contributed by atoms with Gasteiger partial charge in [0.25, 0.3) is 5.91 Å². The number of β-lactam (4-membered cyclic amide) rings is 1. The molecule has 1 heterocycles. The van der Waals surface area contributed by atoms with E-state index in [2.05, 4.69) is 10.1 Å². The maximum absolute atomic E-state index is 10.6. The molecule has 10 heavy (non-hydrogen) atoms. The standard InChI is InChI=1S/C6H9NO3/c1-3-5(6(9)7-3)10-4(2)8/h3,5H,1-2H3,(H,7,9)/t3-,5-/m1/s1. The van der Waals surface area contributed by atoms with E-state index >= 15 is 0 Å². The van der Waals surface area contributed by atoms with Crippen LogP contribution in [-0.4, -0.2) is 24.0 Å². The quantitative estimate of drug-likeness (QED) is 0.395. The molecule has 1 N–H and O–H groups in total. The van der Waals surface area contributed by atoms with Crippen molar-refractivity contribution in [3.8, 4) is 0 Å². The van der Waals surface area contributed by atoms with Gasteiger partial charge >= 0.3 is 5.97 Å². The lowest BCUT2D eigenvalue weighted by Crippen LogP contribution is -2.62. The van der Waals surface area contributed by atoms with Crippen LogP contribution >= 0.6 is 0 Å². The van der Waals surface area contributed by atoms with Gasteiger partial charge in [0.2, 0.25) is 0 Å². The van der Waals surface area contributed by atoms with Gasteiger partial charge in [0.1, 0.15) is 0 Å². The van der Waals surface area contributed by atoms with Gasteiger partial charge in [-0.2, -0.15) is 0 Å². The lowest BCUT2D eigenvalue weighted by molar-refractivity contribution is -0.163. The Balaban J connectivity index is 2.40. The molecule has 0 unspecified atom stereocenters. The second kappa shape index (κ2) is 2.28. The van der Waals surface area contributed by atoms with Crippen LogP contribution in [0.15, 0.2) is 0 Å². The van der Waals surface area contributed by atoms with Crippen molar-refractivity contribution in [1.82, 2.24) is 5.32 Å². The Morgan fingerprint density at radius 2 is 2.30 bits per heavy atom. The maximum atomic E-state index is 10.6. The van der Waals surface area contributed by atoms with Crippen molar-refractivity contribution in [3.05, 3.63) is 0 Å². The molecule has 0 saturated carbocycles. The second-order valence-corrected chi connectivity index (χ2v) is 2.33. The minimum absolute atomic E-state index is 0.0311. The predicted octanol–water partition coefficient (Wildman–Crippen LogP) is -0.564. The molecule has 1 aliphatic rings. The van der Waals surface area contributed by atoms with Crippen LogP contribution in [0.4, 0.5) is 0 Å². The number of carbonyl (C=O) groups excluding carboxylic acids is 2. The van der Waals surface area contributed by atoms with Gasteiger partial charge in [0.05, 0.1) is 6.04 Å². The number of hydrogen-bond donors (Lipinski definition) is 1. The van der Waals surface area contributed by atoms with Crippen molar-refractivity contribution < 1.29 is 14.3 Å². The van der Waals surface area contributed by atoms with Crippen molar-refractivity contribution >= 4 is 11.9 Å². The molecule has 0 aromatic heterocycles. The number of esters is 1. The summed E-state index contributed by atoms with van der Waals surface area (Å²) < 4.78 is 4.66. The van der Waals surface area contributed by atoms with Gasteiger partial charge < -0.3 is 10.1 Å². The van der Waals surface area contributed by atoms with E-state index in [0.29, 0.717) is 0 Å². The third-order valence-electron chi connectivity index (χ3n) is 1.38. The molecule has 1 aliphatic heterocycles. The molecule has 56 valence electrons. The van der Waals surface area contributed by atoms with Crippen LogP contribution in [0.25, 0.3) is 0 Å². The lowest BCUT2D eigenvalue weighted by Gasteiger charge is -2.32. The monoisotopic (exact) mass is 143 g/mol. The Labute approximate surface area is 58.5 Å². The summed E-state index contributed by atoms with van der Waals surface area (Å²) in [4.78, 5) is 20.9. The van der Waals surface area contributed by atoms with E-state index in [0.717, 1.165) is 0 Å². The van der Waals surface area contributed by atoms with Crippen LogP contribution in [0.2, 0.25) is 0 Å². The largest absolute Gasteiger partial charge is 0.450 e. The van der Waals surface area contributed by atoms with E-state index in [9.17, 15) is 9.59 Å². The van der Waals surface area contributed by atoms with Gasteiger partial charge in [0.15, 0.2) is 6.10 Å². The maximum Gasteiger partial charge on any atom is 0.303 e. The molecule has 0 aromatic carbocycles. The molecule has 1 fully saturated rings. The van der Waals surface area contributed by atoms with Gasteiger partial charge in [-0.05, 0) is 6.92 Å². The summed E-state index contributed by atoms with van der Waals surface area (Å²) in [6, 6.07) is -0.0311. The fraction of sp³-hybridized carbons (Fsp3) is 0.667. The highest BCUT2D eigenvalue weighted by molar-refractivity contribution is 5.89. The lowest BCUT2D eigenvalue weighted by atomic mass is 10.1. The topological polar surface area (TPSA) is 55.4 Å². The Morgan fingerprint density at radius 1 is 1.70 bits per heavy atom. The van der Waals surface area contributed by atoms with Gasteiger partial charge in [0, 0.05) is 6.92 Å². The first-order valence-corrected chi connectivity index (χ1v) is 3.09. The third-order valence-corrected chi connectivity index (χ3v) is 1.38. The fourth-order valence-electron chi connectivity index (χ4n) is 0.847. The average molecular weight is 143 g/mol. The number of nitrogens with one attached hydrogen (secondary N) is 1. The van der Waals surface area contributed by atoms with Gasteiger partial charge in [-0.25, -0.2) is 0 Å². The molecule has 0 radical (unpaired) electrons. The van der Waals surface area contributed by atoms with Crippen LogP contribution in [0.1, 0.15) is 13.8 Å². The Bertz CT molecular complexity index is 178. The van der Waals surface area contributed by atoms with Gasteiger partial charge in [-0.1, -0.05) is 0 Å². The van der Waals surface area contributed by atoms with E-state index in [4.69, 9.17) is 0 Å². The Hall–Kier alpha value is -1.06. The highest BCUT2D eigenvalue weighted by atomic mass is 16.6. The first kappa shape index (κ1) is 7.05. The summed E-state index contributed by atoms with van der Waals surface area (Å²) in [7, 11) is 0. The molecule has 1 saturated heterocycles. The molecule has 0 aliphatic carbocycles. The van der Waals surface area contributed by atoms with Crippen molar-refractivity contribution in [2.45, 2.75) is 26.0 Å². The highest BCUT2D eigenvalue weighted by Gasteiger charge is 2.38. The number of rotatable bonds is 1. The summed E-state index contributed by atoms with van der Waals surface area (Å²) >= 11 is 0. The van der Waals surface area contributed by atoms with Gasteiger partial charge in [-0.3, -0.25) is 9.59 Å². The summed E-state index contributed by atoms with van der Waals surface area (Å²) in [5, 5.41) is 2.54. The van der Waals surface area contributed by atoms with Crippen molar-refractivity contribution in [3.63, 3.8) is 0 Å². The van der Waals surface area contributed by atoms with E-state index in [1.54, 1.807) is 6.92 Å². The van der Waals surface area contributed by atoms with Crippen LogP contribution in [0, 0.1) is 0 Å². The third kappa shape index (κ3) is 1.10. The second-order valence-electron chi connectivity index (χ2n) is 2.33. The first-order valence-electron chi connectivity index (χ1n) is 3.09. The van der Waals surface area contributed by atoms with Gasteiger partial charge in [-0.15, -0.1) is 0 Å². The highest BCUT2D eigenvalue weighted by Crippen LogP contribution is 2.09. The molecular formula is C6H9NO3. The van der Waals surface area contributed by atoms with E-state index in [1.807, 2.05) is 0 Å². The summed E-state index contributed by atoms with van der Waals surface area (Å²) in [5.74, 6) is -0.616. The zero-order valence-corrected chi connectivity index (χ0v) is 5.88. The molecule has 0 spiro atoms. The smallest absolute Gasteiger partial charge is 0.303 e. The Morgan fingerprint density at radius 3 is 2.50 bits per heavy atom. The number of ether oxygens (including phenoxy) is 1. The fourth-order valence-corrected chi connectivity index (χ4v) is 0.847. The zero-order valence-electron chi connectivity index (χ0n) is 5.88. The summed E-state index contributed by atoms with van der Waals surface area (Å²) in [6.07, 6.45) is -0.558. The predicted molar refractivity (Wildman–Crippen MR) is 33.2 cm³/mol. The number of carbonyl (C=O) groups is 2. The normalized spacial score (nSPS) is 30.4. The summed E-state index contributed by atoms with van der Waals surface area (Å²) in [6.45, 7) is 3.08. The SMILES string of the molecule is CC(=O)O[C@H]1C(=O)N[C@@H]1C. The molecule has 2 atom stereocenters. The summed E-state index contributed by atoms with van der Waals surface area (Å²) in [5.41, 5.74) is 0. The minimum Gasteiger partial charge on any atom is -0.450 e. The van der Waals surface area contributed by atoms with E-state index in [-0.39, 0.29) is 11.9 Å². The van der Waals surface area contributed by atoms with Crippen molar-refractivity contribution in [1.29, 1.82) is 0 Å². The molecule has 1 rings (SSSR count). The van der Waals surface area contributed by atoms with Crippen molar-refractivity contribution in [2.75, 3.05) is 0 Å². The molecule has 0 aromatic rings. The molecular weight excluding hydrogens is 134 g/mol. The molecule has 0 bridgehead atoms. The van der Waals surface area contributed by atoms with Crippen LogP contribution in [0.3, 0.4) is 0 Å². The number of amides is 1. The number of hydrogen-bond acceptors (Lipinski definition) is 3. The minimum atomic E-state index is -0.558. The van der Waals surface area contributed by atoms with Crippen LogP contribution in [-0.2, 0) is 14.3 Å². The van der Waals surface area contributed by atoms with Crippen LogP contribution < -0.4 is 5.32 Å². The van der Waals surface area contributed by atoms with Crippen LogP contribution in [0.5, 0.6) is 0 Å². The molecule has 1 amide bonds. The first-order chi connectivity index (χ1) is 4.61. The van der Waals surface area contributed by atoms with E-state index in [1.165, 1.54) is 6.92 Å². The molecule has 4 nitrogen and oxygen atoms in total. The van der Waals surface area contributed by atoms with E-state index < -0.39 is 12.1 Å². The zero-order chi connectivity index (χ0) is 7.72. The molecule has 4 heteroatoms. The average Bonchev–Trinajstić information content (AvgIpc) is 1.84. The van der Waals surface area contributed by atoms with Crippen molar-refractivity contribution in [2.24, 2.45) is 0 Å².